The van der Waals surface area contributed by atoms with E-state index in [1.165, 1.54) is 20.3 Å². The maximum atomic E-state index is 12.6. The summed E-state index contributed by atoms with van der Waals surface area (Å²) in [6.07, 6.45) is 1.42. The maximum absolute atomic E-state index is 12.6. The SMILES string of the molecule is COc1cc(C)c(C)cc1S(=O)(=O)NCC(C)(O)c1ccco1. The van der Waals surface area contributed by atoms with Gasteiger partial charge in [0.1, 0.15) is 22.0 Å². The first-order valence-corrected chi connectivity index (χ1v) is 8.57. The molecule has 0 saturated carbocycles. The zero-order valence-corrected chi connectivity index (χ0v) is 14.4. The van der Waals surface area contributed by atoms with Crippen LogP contribution in [0.3, 0.4) is 0 Å². The number of aliphatic hydroxyl groups is 1. The molecule has 0 aliphatic carbocycles. The third-order valence-corrected chi connectivity index (χ3v) is 5.15. The molecule has 0 aliphatic heterocycles. The number of benzene rings is 1. The second kappa shape index (κ2) is 6.35. The highest BCUT2D eigenvalue weighted by atomic mass is 32.2. The van der Waals surface area contributed by atoms with Gasteiger partial charge in [0, 0.05) is 6.54 Å². The van der Waals surface area contributed by atoms with Crippen molar-refractivity contribution in [2.75, 3.05) is 13.7 Å². The Morgan fingerprint density at radius 2 is 1.96 bits per heavy atom. The molecule has 1 heterocycles. The Kier molecular flexibility index (Phi) is 4.84. The number of methoxy groups -OCH3 is 1. The number of furan rings is 1. The molecule has 23 heavy (non-hydrogen) atoms. The number of sulfonamides is 1. The van der Waals surface area contributed by atoms with Gasteiger partial charge in [-0.2, -0.15) is 0 Å². The van der Waals surface area contributed by atoms with Gasteiger partial charge in [0.2, 0.25) is 10.0 Å². The smallest absolute Gasteiger partial charge is 0.244 e. The van der Waals surface area contributed by atoms with Crippen molar-refractivity contribution in [3.63, 3.8) is 0 Å². The Balaban J connectivity index is 2.28. The van der Waals surface area contributed by atoms with Gasteiger partial charge >= 0.3 is 0 Å². The Hall–Kier alpha value is -1.83. The average Bonchev–Trinajstić information content (AvgIpc) is 3.03. The number of aryl methyl sites for hydroxylation is 2. The van der Waals surface area contributed by atoms with Gasteiger partial charge in [-0.25, -0.2) is 13.1 Å². The van der Waals surface area contributed by atoms with E-state index in [2.05, 4.69) is 4.72 Å². The van der Waals surface area contributed by atoms with Gasteiger partial charge in [0.05, 0.1) is 13.4 Å². The molecule has 0 spiro atoms. The standard InChI is InChI=1S/C16H21NO5S/c1-11-8-13(21-4)14(9-12(11)2)23(19,20)17-10-16(3,18)15-6-5-7-22-15/h5-9,17-18H,10H2,1-4H3. The molecule has 2 rings (SSSR count). The van der Waals surface area contributed by atoms with Crippen molar-refractivity contribution < 1.29 is 22.7 Å². The summed E-state index contributed by atoms with van der Waals surface area (Å²) < 4.78 is 37.8. The first-order chi connectivity index (χ1) is 10.7. The summed E-state index contributed by atoms with van der Waals surface area (Å²) in [5, 5.41) is 10.4. The fourth-order valence-electron chi connectivity index (χ4n) is 2.12. The van der Waals surface area contributed by atoms with Gasteiger partial charge < -0.3 is 14.3 Å². The van der Waals surface area contributed by atoms with Gasteiger partial charge in [0.15, 0.2) is 0 Å². The van der Waals surface area contributed by atoms with Crippen LogP contribution in [0.2, 0.25) is 0 Å². The van der Waals surface area contributed by atoms with Crippen LogP contribution in [0.25, 0.3) is 0 Å². The summed E-state index contributed by atoms with van der Waals surface area (Å²) in [5.41, 5.74) is 0.316. The molecule has 0 fully saturated rings. The predicted molar refractivity (Wildman–Crippen MR) is 85.9 cm³/mol. The van der Waals surface area contributed by atoms with Gasteiger partial charge in [0.25, 0.3) is 0 Å². The first kappa shape index (κ1) is 17.5. The molecular formula is C16H21NO5S. The van der Waals surface area contributed by atoms with Crippen molar-refractivity contribution in [2.45, 2.75) is 31.3 Å². The summed E-state index contributed by atoms with van der Waals surface area (Å²) in [6, 6.07) is 6.45. The molecule has 2 N–H and O–H groups in total. The van der Waals surface area contributed by atoms with Crippen LogP contribution in [0.1, 0.15) is 23.8 Å². The van der Waals surface area contributed by atoms with Crippen LogP contribution in [0.5, 0.6) is 5.75 Å². The monoisotopic (exact) mass is 339 g/mol. The summed E-state index contributed by atoms with van der Waals surface area (Å²) in [7, 11) is -2.42. The van der Waals surface area contributed by atoms with Crippen molar-refractivity contribution in [1.82, 2.24) is 4.72 Å². The highest BCUT2D eigenvalue weighted by Gasteiger charge is 2.30. The van der Waals surface area contributed by atoms with Gasteiger partial charge in [-0.15, -0.1) is 0 Å². The van der Waals surface area contributed by atoms with E-state index >= 15 is 0 Å². The van der Waals surface area contributed by atoms with Crippen molar-refractivity contribution in [3.05, 3.63) is 47.4 Å². The van der Waals surface area contributed by atoms with Gasteiger partial charge in [-0.3, -0.25) is 0 Å². The molecule has 0 radical (unpaired) electrons. The number of ether oxygens (including phenoxy) is 1. The minimum Gasteiger partial charge on any atom is -0.495 e. The fourth-order valence-corrected chi connectivity index (χ4v) is 3.48. The van der Waals surface area contributed by atoms with Crippen molar-refractivity contribution >= 4 is 10.0 Å². The summed E-state index contributed by atoms with van der Waals surface area (Å²) in [4.78, 5) is 0.0401. The molecular weight excluding hydrogens is 318 g/mol. The lowest BCUT2D eigenvalue weighted by Crippen LogP contribution is -2.38. The van der Waals surface area contributed by atoms with Crippen LogP contribution in [-0.2, 0) is 15.6 Å². The van der Waals surface area contributed by atoms with Crippen LogP contribution in [-0.4, -0.2) is 27.2 Å². The number of rotatable bonds is 6. The number of hydrogen-bond donors (Lipinski definition) is 2. The Morgan fingerprint density at radius 1 is 1.30 bits per heavy atom. The number of nitrogens with one attached hydrogen (secondary N) is 1. The highest BCUT2D eigenvalue weighted by Crippen LogP contribution is 2.28. The topological polar surface area (TPSA) is 88.8 Å². The second-order valence-electron chi connectivity index (χ2n) is 5.66. The summed E-state index contributed by atoms with van der Waals surface area (Å²) in [6.45, 7) is 4.96. The average molecular weight is 339 g/mol. The molecule has 7 heteroatoms. The van der Waals surface area contributed by atoms with E-state index in [9.17, 15) is 13.5 Å². The van der Waals surface area contributed by atoms with E-state index in [0.29, 0.717) is 0 Å². The minimum atomic E-state index is -3.84. The Morgan fingerprint density at radius 3 is 2.52 bits per heavy atom. The molecule has 0 saturated heterocycles. The van der Waals surface area contributed by atoms with Crippen molar-refractivity contribution in [1.29, 1.82) is 0 Å². The molecule has 0 aliphatic rings. The van der Waals surface area contributed by atoms with E-state index in [4.69, 9.17) is 9.15 Å². The van der Waals surface area contributed by atoms with Crippen LogP contribution in [0, 0.1) is 13.8 Å². The Bertz CT molecular complexity index is 779. The molecule has 0 bridgehead atoms. The van der Waals surface area contributed by atoms with Crippen molar-refractivity contribution in [3.8, 4) is 5.75 Å². The number of hydrogen-bond acceptors (Lipinski definition) is 5. The maximum Gasteiger partial charge on any atom is 0.244 e. The molecule has 126 valence electrons. The van der Waals surface area contributed by atoms with Gasteiger partial charge in [-0.1, -0.05) is 0 Å². The molecule has 2 aromatic rings. The highest BCUT2D eigenvalue weighted by molar-refractivity contribution is 7.89. The Labute approximate surface area is 136 Å². The van der Waals surface area contributed by atoms with Crippen LogP contribution < -0.4 is 9.46 Å². The largest absolute Gasteiger partial charge is 0.495 e. The lowest BCUT2D eigenvalue weighted by Gasteiger charge is -2.21. The molecule has 0 amide bonds. The zero-order chi connectivity index (χ0) is 17.3. The van der Waals surface area contributed by atoms with E-state index in [-0.39, 0.29) is 22.9 Å². The van der Waals surface area contributed by atoms with E-state index in [1.807, 2.05) is 13.8 Å². The molecule has 1 unspecified atom stereocenters. The molecule has 1 aromatic heterocycles. The lowest BCUT2D eigenvalue weighted by molar-refractivity contribution is 0.0395. The third-order valence-electron chi connectivity index (χ3n) is 3.73. The lowest BCUT2D eigenvalue weighted by atomic mass is 10.1. The predicted octanol–water partition coefficient (Wildman–Crippen LogP) is 2.09. The zero-order valence-electron chi connectivity index (χ0n) is 13.6. The second-order valence-corrected chi connectivity index (χ2v) is 7.40. The van der Waals surface area contributed by atoms with Gasteiger partial charge in [-0.05, 0) is 56.2 Å². The van der Waals surface area contributed by atoms with E-state index in [1.54, 1.807) is 24.3 Å². The molecule has 6 nitrogen and oxygen atoms in total. The van der Waals surface area contributed by atoms with E-state index < -0.39 is 15.6 Å². The van der Waals surface area contributed by atoms with Crippen molar-refractivity contribution in [2.24, 2.45) is 0 Å². The third kappa shape index (κ3) is 3.74. The molecule has 1 atom stereocenters. The fraction of sp³-hybridized carbons (Fsp3) is 0.375. The first-order valence-electron chi connectivity index (χ1n) is 7.08. The van der Waals surface area contributed by atoms with Crippen LogP contribution in [0.15, 0.2) is 39.8 Å². The summed E-state index contributed by atoms with van der Waals surface area (Å²) >= 11 is 0. The quantitative estimate of drug-likeness (QED) is 0.841. The molecule has 1 aromatic carbocycles. The van der Waals surface area contributed by atoms with Crippen LogP contribution in [0.4, 0.5) is 0 Å². The summed E-state index contributed by atoms with van der Waals surface area (Å²) in [5.74, 6) is 0.547. The minimum absolute atomic E-state index is 0.0401. The van der Waals surface area contributed by atoms with Crippen LogP contribution >= 0.6 is 0 Å². The van der Waals surface area contributed by atoms with E-state index in [0.717, 1.165) is 11.1 Å². The normalized spacial score (nSPS) is 14.5.